The summed E-state index contributed by atoms with van der Waals surface area (Å²) in [5, 5.41) is 3.65. The molecule has 0 aromatic heterocycles. The molecule has 5 nitrogen and oxygen atoms in total. The number of amides is 1. The average molecular weight is 389 g/mol. The molecule has 144 valence electrons. The smallest absolute Gasteiger partial charge is 0.230 e. The normalized spacial score (nSPS) is 14.9. The number of quaternary nitrogens is 1. The standard InChI is InChI=1S/C21H26ClN3O2/c1-16-17(22)6-5-7-18(16)23-21(26)10-11-24-12-14-25(15-13-24)19-8-3-4-9-20(19)27-2/h3-9H,10-15H2,1-2H3,(H,23,26)/p+1. The van der Waals surface area contributed by atoms with E-state index in [0.717, 1.165) is 55.4 Å². The van der Waals surface area contributed by atoms with Crippen LogP contribution in [0.2, 0.25) is 5.02 Å². The minimum absolute atomic E-state index is 0.0417. The molecule has 1 fully saturated rings. The van der Waals surface area contributed by atoms with E-state index in [-0.39, 0.29) is 5.91 Å². The van der Waals surface area contributed by atoms with E-state index in [0.29, 0.717) is 11.4 Å². The van der Waals surface area contributed by atoms with E-state index in [9.17, 15) is 4.79 Å². The van der Waals surface area contributed by atoms with E-state index in [1.807, 2.05) is 43.3 Å². The highest BCUT2D eigenvalue weighted by atomic mass is 35.5. The van der Waals surface area contributed by atoms with Crippen LogP contribution in [0.1, 0.15) is 12.0 Å². The summed E-state index contributed by atoms with van der Waals surface area (Å²) in [6.45, 7) is 6.71. The molecule has 1 heterocycles. The summed E-state index contributed by atoms with van der Waals surface area (Å²) in [6, 6.07) is 13.7. The van der Waals surface area contributed by atoms with Gasteiger partial charge in [0.15, 0.2) is 0 Å². The topological polar surface area (TPSA) is 46.0 Å². The Morgan fingerprint density at radius 3 is 2.67 bits per heavy atom. The highest BCUT2D eigenvalue weighted by Gasteiger charge is 2.22. The average Bonchev–Trinajstić information content (AvgIpc) is 2.70. The minimum Gasteiger partial charge on any atom is -0.495 e. The van der Waals surface area contributed by atoms with Crippen LogP contribution >= 0.6 is 11.6 Å². The van der Waals surface area contributed by atoms with Crippen molar-refractivity contribution in [2.75, 3.05) is 50.1 Å². The van der Waals surface area contributed by atoms with Gasteiger partial charge in [-0.2, -0.15) is 0 Å². The maximum atomic E-state index is 12.3. The van der Waals surface area contributed by atoms with Gasteiger partial charge >= 0.3 is 0 Å². The number of para-hydroxylation sites is 2. The van der Waals surface area contributed by atoms with Crippen LogP contribution in [0.25, 0.3) is 0 Å². The number of carbonyl (C=O) groups is 1. The maximum absolute atomic E-state index is 12.3. The summed E-state index contributed by atoms with van der Waals surface area (Å²) in [5.74, 6) is 0.956. The molecule has 1 saturated heterocycles. The minimum atomic E-state index is 0.0417. The van der Waals surface area contributed by atoms with Crippen molar-refractivity contribution in [3.8, 4) is 5.75 Å². The van der Waals surface area contributed by atoms with Crippen molar-refractivity contribution in [1.29, 1.82) is 0 Å². The predicted molar refractivity (Wildman–Crippen MR) is 110 cm³/mol. The Balaban J connectivity index is 1.47. The highest BCUT2D eigenvalue weighted by Crippen LogP contribution is 2.27. The van der Waals surface area contributed by atoms with Crippen molar-refractivity contribution >= 4 is 28.9 Å². The first-order valence-electron chi connectivity index (χ1n) is 9.35. The van der Waals surface area contributed by atoms with Crippen molar-refractivity contribution in [1.82, 2.24) is 0 Å². The van der Waals surface area contributed by atoms with Gasteiger partial charge in [0.2, 0.25) is 5.91 Å². The highest BCUT2D eigenvalue weighted by molar-refractivity contribution is 6.31. The Kier molecular flexibility index (Phi) is 6.58. The number of piperazine rings is 1. The van der Waals surface area contributed by atoms with Crippen LogP contribution in [-0.4, -0.2) is 45.7 Å². The number of hydrogen-bond acceptors (Lipinski definition) is 3. The van der Waals surface area contributed by atoms with Gasteiger partial charge in [-0.05, 0) is 36.8 Å². The quantitative estimate of drug-likeness (QED) is 0.798. The SMILES string of the molecule is COc1ccccc1N1CC[NH+](CCC(=O)Nc2cccc(Cl)c2C)CC1. The van der Waals surface area contributed by atoms with Crippen molar-refractivity contribution in [2.45, 2.75) is 13.3 Å². The molecular weight excluding hydrogens is 362 g/mol. The fourth-order valence-corrected chi connectivity index (χ4v) is 3.63. The van der Waals surface area contributed by atoms with E-state index >= 15 is 0 Å². The van der Waals surface area contributed by atoms with E-state index in [1.165, 1.54) is 4.90 Å². The Bertz CT molecular complexity index is 789. The van der Waals surface area contributed by atoms with Gasteiger partial charge in [0, 0.05) is 10.7 Å². The van der Waals surface area contributed by atoms with Gasteiger partial charge in [-0.1, -0.05) is 29.8 Å². The zero-order chi connectivity index (χ0) is 19.2. The lowest BCUT2D eigenvalue weighted by molar-refractivity contribution is -0.900. The number of carbonyl (C=O) groups excluding carboxylic acids is 1. The number of ether oxygens (including phenoxy) is 1. The van der Waals surface area contributed by atoms with Gasteiger partial charge in [-0.15, -0.1) is 0 Å². The van der Waals surface area contributed by atoms with E-state index in [2.05, 4.69) is 16.3 Å². The second-order valence-electron chi connectivity index (χ2n) is 6.87. The monoisotopic (exact) mass is 388 g/mol. The third-order valence-corrected chi connectivity index (χ3v) is 5.55. The van der Waals surface area contributed by atoms with Crippen LogP contribution < -0.4 is 19.9 Å². The predicted octanol–water partition coefficient (Wildman–Crippen LogP) is 2.39. The number of halogens is 1. The number of anilines is 2. The fourth-order valence-electron chi connectivity index (χ4n) is 3.45. The molecule has 1 amide bonds. The van der Waals surface area contributed by atoms with E-state index < -0.39 is 0 Å². The van der Waals surface area contributed by atoms with Crippen LogP contribution in [0.3, 0.4) is 0 Å². The molecule has 0 radical (unpaired) electrons. The zero-order valence-electron chi connectivity index (χ0n) is 15.9. The second-order valence-corrected chi connectivity index (χ2v) is 7.28. The summed E-state index contributed by atoms with van der Waals surface area (Å²) in [6.07, 6.45) is 0.510. The molecule has 0 spiro atoms. The lowest BCUT2D eigenvalue weighted by Gasteiger charge is -2.34. The molecule has 3 rings (SSSR count). The first-order chi connectivity index (χ1) is 13.1. The summed E-state index contributed by atoms with van der Waals surface area (Å²) in [7, 11) is 1.71. The summed E-state index contributed by atoms with van der Waals surface area (Å²) in [4.78, 5) is 16.1. The molecule has 0 atom stereocenters. The summed E-state index contributed by atoms with van der Waals surface area (Å²) in [5.41, 5.74) is 2.85. The Morgan fingerprint density at radius 2 is 1.93 bits per heavy atom. The zero-order valence-corrected chi connectivity index (χ0v) is 16.7. The molecule has 6 heteroatoms. The van der Waals surface area contributed by atoms with E-state index in [1.54, 1.807) is 7.11 Å². The van der Waals surface area contributed by atoms with Crippen molar-refractivity contribution in [3.63, 3.8) is 0 Å². The molecule has 2 aromatic rings. The number of hydrogen-bond donors (Lipinski definition) is 2. The molecule has 2 aromatic carbocycles. The third-order valence-electron chi connectivity index (χ3n) is 5.14. The molecule has 2 N–H and O–H groups in total. The number of nitrogens with one attached hydrogen (secondary N) is 2. The fraction of sp³-hybridized carbons (Fsp3) is 0.381. The van der Waals surface area contributed by atoms with Crippen LogP contribution in [0.15, 0.2) is 42.5 Å². The largest absolute Gasteiger partial charge is 0.495 e. The van der Waals surface area contributed by atoms with Gasteiger partial charge < -0.3 is 19.9 Å². The molecule has 1 aliphatic heterocycles. The Labute approximate surface area is 165 Å². The Morgan fingerprint density at radius 1 is 1.19 bits per heavy atom. The van der Waals surface area contributed by atoms with E-state index in [4.69, 9.17) is 16.3 Å². The van der Waals surface area contributed by atoms with Crippen LogP contribution in [0.5, 0.6) is 5.75 Å². The number of rotatable bonds is 6. The first kappa shape index (κ1) is 19.5. The number of benzene rings is 2. The van der Waals surface area contributed by atoms with Gasteiger partial charge in [-0.3, -0.25) is 4.79 Å². The molecule has 27 heavy (non-hydrogen) atoms. The second kappa shape index (κ2) is 9.11. The van der Waals surface area contributed by atoms with Crippen molar-refractivity contribution < 1.29 is 14.4 Å². The number of methoxy groups -OCH3 is 1. The van der Waals surface area contributed by atoms with Gasteiger partial charge in [-0.25, -0.2) is 0 Å². The van der Waals surface area contributed by atoms with Crippen molar-refractivity contribution in [3.05, 3.63) is 53.1 Å². The lowest BCUT2D eigenvalue weighted by atomic mass is 10.2. The molecule has 0 unspecified atom stereocenters. The maximum Gasteiger partial charge on any atom is 0.230 e. The van der Waals surface area contributed by atoms with Crippen LogP contribution in [0, 0.1) is 6.92 Å². The summed E-state index contributed by atoms with van der Waals surface area (Å²) >= 11 is 6.11. The van der Waals surface area contributed by atoms with Crippen LogP contribution in [-0.2, 0) is 4.79 Å². The lowest BCUT2D eigenvalue weighted by Crippen LogP contribution is -3.15. The third kappa shape index (κ3) is 4.93. The molecule has 0 aliphatic carbocycles. The van der Waals surface area contributed by atoms with Crippen molar-refractivity contribution in [2.24, 2.45) is 0 Å². The molecule has 0 saturated carbocycles. The van der Waals surface area contributed by atoms with Gasteiger partial charge in [0.05, 0.1) is 51.9 Å². The molecule has 1 aliphatic rings. The van der Waals surface area contributed by atoms with Crippen LogP contribution in [0.4, 0.5) is 11.4 Å². The summed E-state index contributed by atoms with van der Waals surface area (Å²) < 4.78 is 5.47. The Hall–Kier alpha value is -2.24. The van der Waals surface area contributed by atoms with Gasteiger partial charge in [0.1, 0.15) is 5.75 Å². The number of nitrogens with zero attached hydrogens (tertiary/aromatic N) is 1. The molecular formula is C21H27ClN3O2+. The first-order valence-corrected chi connectivity index (χ1v) is 9.73. The molecule has 0 bridgehead atoms. The van der Waals surface area contributed by atoms with Gasteiger partial charge in [0.25, 0.3) is 0 Å².